The summed E-state index contributed by atoms with van der Waals surface area (Å²) in [5.74, 6) is 1.53. The van der Waals surface area contributed by atoms with E-state index < -0.39 is 0 Å². The molecular weight excluding hydrogens is 440 g/mol. The van der Waals surface area contributed by atoms with Gasteiger partial charge in [0, 0.05) is 24.7 Å². The van der Waals surface area contributed by atoms with E-state index in [4.69, 9.17) is 4.74 Å². The number of aromatic amines is 1. The van der Waals surface area contributed by atoms with Crippen LogP contribution in [0.1, 0.15) is 63.5 Å². The van der Waals surface area contributed by atoms with Gasteiger partial charge in [-0.05, 0) is 66.3 Å². The highest BCUT2D eigenvalue weighted by Crippen LogP contribution is 2.30. The molecule has 0 saturated heterocycles. The summed E-state index contributed by atoms with van der Waals surface area (Å²) in [6.45, 7) is 9.69. The Kier molecular flexibility index (Phi) is 7.31. The number of methoxy groups -OCH3 is 1. The summed E-state index contributed by atoms with van der Waals surface area (Å²) in [6.07, 6.45) is 1.70. The molecule has 0 radical (unpaired) electrons. The molecule has 4 aromatic rings. The van der Waals surface area contributed by atoms with Crippen molar-refractivity contribution in [3.05, 3.63) is 81.9 Å². The van der Waals surface area contributed by atoms with Gasteiger partial charge in [-0.25, -0.2) is 4.68 Å². The molecule has 8 nitrogen and oxygen atoms in total. The second kappa shape index (κ2) is 10.4. The summed E-state index contributed by atoms with van der Waals surface area (Å²) < 4.78 is 7.25. The van der Waals surface area contributed by atoms with Gasteiger partial charge in [0.15, 0.2) is 5.82 Å². The molecule has 0 amide bonds. The van der Waals surface area contributed by atoms with E-state index in [0.717, 1.165) is 29.6 Å². The number of hydrogen-bond donors (Lipinski definition) is 1. The largest absolute Gasteiger partial charge is 0.497 e. The molecule has 0 unspecified atom stereocenters. The van der Waals surface area contributed by atoms with Crippen LogP contribution < -0.4 is 10.3 Å². The van der Waals surface area contributed by atoms with Crippen LogP contribution in [0.5, 0.6) is 5.75 Å². The molecule has 0 aliphatic rings. The van der Waals surface area contributed by atoms with Crippen LogP contribution >= 0.6 is 0 Å². The van der Waals surface area contributed by atoms with Crippen LogP contribution in [-0.2, 0) is 18.6 Å². The van der Waals surface area contributed by atoms with Crippen molar-refractivity contribution < 1.29 is 4.74 Å². The predicted octanol–water partition coefficient (Wildman–Crippen LogP) is 4.82. The van der Waals surface area contributed by atoms with Crippen molar-refractivity contribution in [3.8, 4) is 5.75 Å². The van der Waals surface area contributed by atoms with Crippen LogP contribution in [0.15, 0.2) is 59.4 Å². The Morgan fingerprint density at radius 1 is 1.09 bits per heavy atom. The minimum absolute atomic E-state index is 0.0676. The zero-order valence-corrected chi connectivity index (χ0v) is 21.2. The Hall–Kier alpha value is -3.52. The zero-order valence-electron chi connectivity index (χ0n) is 21.2. The number of ether oxygens (including phenoxy) is 1. The topological polar surface area (TPSA) is 88.9 Å². The zero-order chi connectivity index (χ0) is 25.0. The average Bonchev–Trinajstić information content (AvgIpc) is 3.36. The predicted molar refractivity (Wildman–Crippen MR) is 137 cm³/mol. The molecule has 0 aliphatic carbocycles. The normalized spacial score (nSPS) is 12.9. The summed E-state index contributed by atoms with van der Waals surface area (Å²) in [7, 11) is 1.62. The van der Waals surface area contributed by atoms with E-state index >= 15 is 0 Å². The first-order valence-corrected chi connectivity index (χ1v) is 12.1. The number of tetrazole rings is 1. The molecule has 0 bridgehead atoms. The first-order chi connectivity index (χ1) is 16.9. The van der Waals surface area contributed by atoms with Crippen molar-refractivity contribution in [2.75, 3.05) is 7.11 Å². The highest BCUT2D eigenvalue weighted by Gasteiger charge is 2.31. The standard InChI is InChI=1S/C27H34N6O2/c1-6-24(25-29-30-31-33(25)27(3,4)7-2)32(17-19-11-9-8-10-12-19)18-21-15-20-13-14-22(35-5)16-23(20)28-26(21)34/h8-16,24H,6-7,17-18H2,1-5H3,(H,28,34)/t24-/m0/s1. The highest BCUT2D eigenvalue weighted by molar-refractivity contribution is 5.80. The third-order valence-corrected chi connectivity index (χ3v) is 6.79. The Morgan fingerprint density at radius 2 is 1.86 bits per heavy atom. The number of H-pyrrole nitrogens is 1. The quantitative estimate of drug-likeness (QED) is 0.354. The highest BCUT2D eigenvalue weighted by atomic mass is 16.5. The van der Waals surface area contributed by atoms with Gasteiger partial charge in [0.2, 0.25) is 0 Å². The summed E-state index contributed by atoms with van der Waals surface area (Å²) in [4.78, 5) is 18.4. The summed E-state index contributed by atoms with van der Waals surface area (Å²) in [5.41, 5.74) is 2.30. The van der Waals surface area contributed by atoms with E-state index in [-0.39, 0.29) is 17.1 Å². The average molecular weight is 475 g/mol. The molecule has 0 saturated carbocycles. The maximum Gasteiger partial charge on any atom is 0.252 e. The second-order valence-corrected chi connectivity index (χ2v) is 9.51. The lowest BCUT2D eigenvalue weighted by molar-refractivity contribution is 0.150. The Morgan fingerprint density at radius 3 is 2.54 bits per heavy atom. The molecular formula is C27H34N6O2. The van der Waals surface area contributed by atoms with Crippen LogP contribution in [0.4, 0.5) is 0 Å². The number of benzene rings is 2. The van der Waals surface area contributed by atoms with Crippen LogP contribution in [-0.4, -0.2) is 37.2 Å². The molecule has 184 valence electrons. The lowest BCUT2D eigenvalue weighted by atomic mass is 10.0. The lowest BCUT2D eigenvalue weighted by Crippen LogP contribution is -2.36. The third-order valence-electron chi connectivity index (χ3n) is 6.79. The van der Waals surface area contributed by atoms with Crippen LogP contribution in [0.2, 0.25) is 0 Å². The molecule has 8 heteroatoms. The van der Waals surface area contributed by atoms with Crippen LogP contribution in [0.25, 0.3) is 10.9 Å². The van der Waals surface area contributed by atoms with Gasteiger partial charge in [0.05, 0.1) is 24.2 Å². The van der Waals surface area contributed by atoms with Crippen molar-refractivity contribution in [3.63, 3.8) is 0 Å². The Balaban J connectivity index is 1.76. The fourth-order valence-corrected chi connectivity index (χ4v) is 4.37. The number of nitrogens with zero attached hydrogens (tertiary/aromatic N) is 5. The summed E-state index contributed by atoms with van der Waals surface area (Å²) >= 11 is 0. The lowest BCUT2D eigenvalue weighted by Gasteiger charge is -2.33. The van der Waals surface area contributed by atoms with E-state index in [2.05, 4.69) is 65.2 Å². The van der Waals surface area contributed by atoms with Crippen molar-refractivity contribution in [1.82, 2.24) is 30.1 Å². The van der Waals surface area contributed by atoms with Crippen LogP contribution in [0, 0.1) is 0 Å². The number of aromatic nitrogens is 5. The molecule has 2 aromatic carbocycles. The number of hydrogen-bond acceptors (Lipinski definition) is 6. The van der Waals surface area contributed by atoms with E-state index in [9.17, 15) is 4.79 Å². The smallest absolute Gasteiger partial charge is 0.252 e. The minimum Gasteiger partial charge on any atom is -0.497 e. The third kappa shape index (κ3) is 5.27. The fourth-order valence-electron chi connectivity index (χ4n) is 4.37. The summed E-state index contributed by atoms with van der Waals surface area (Å²) in [6, 6.07) is 17.9. The van der Waals surface area contributed by atoms with E-state index in [1.165, 1.54) is 5.56 Å². The van der Waals surface area contributed by atoms with Gasteiger partial charge in [-0.1, -0.05) is 44.2 Å². The number of rotatable bonds is 10. The van der Waals surface area contributed by atoms with Crippen LogP contribution in [0.3, 0.4) is 0 Å². The summed E-state index contributed by atoms with van der Waals surface area (Å²) in [5, 5.41) is 13.8. The van der Waals surface area contributed by atoms with Crippen molar-refractivity contribution >= 4 is 10.9 Å². The van der Waals surface area contributed by atoms with Gasteiger partial charge in [0.25, 0.3) is 5.56 Å². The molecule has 35 heavy (non-hydrogen) atoms. The molecule has 0 spiro atoms. The molecule has 0 fully saturated rings. The van der Waals surface area contributed by atoms with Crippen molar-refractivity contribution in [2.45, 2.75) is 65.2 Å². The maximum absolute atomic E-state index is 13.1. The SMILES string of the molecule is CC[C@@H](c1nnnn1C(C)(C)CC)N(Cc1ccccc1)Cc1cc2ccc(OC)cc2[nH]c1=O. The first-order valence-electron chi connectivity index (χ1n) is 12.1. The first kappa shape index (κ1) is 24.6. The van der Waals surface area contributed by atoms with E-state index in [0.29, 0.717) is 24.4 Å². The molecule has 2 aromatic heterocycles. The monoisotopic (exact) mass is 474 g/mol. The number of fused-ring (bicyclic) bond motifs is 1. The van der Waals surface area contributed by atoms with Crippen molar-refractivity contribution in [1.29, 1.82) is 0 Å². The molecule has 1 N–H and O–H groups in total. The fraction of sp³-hybridized carbons (Fsp3) is 0.407. The van der Waals surface area contributed by atoms with Gasteiger partial charge in [0.1, 0.15) is 5.75 Å². The Labute approximate surface area is 205 Å². The minimum atomic E-state index is -0.218. The van der Waals surface area contributed by atoms with Gasteiger partial charge < -0.3 is 9.72 Å². The van der Waals surface area contributed by atoms with Gasteiger partial charge in [-0.3, -0.25) is 9.69 Å². The number of nitrogens with one attached hydrogen (secondary N) is 1. The van der Waals surface area contributed by atoms with E-state index in [1.54, 1.807) is 7.11 Å². The van der Waals surface area contributed by atoms with Gasteiger partial charge in [-0.15, -0.1) is 5.10 Å². The van der Waals surface area contributed by atoms with Crippen molar-refractivity contribution in [2.24, 2.45) is 0 Å². The molecule has 1 atom stereocenters. The second-order valence-electron chi connectivity index (χ2n) is 9.51. The molecule has 2 heterocycles. The van der Waals surface area contributed by atoms with E-state index in [1.807, 2.05) is 47.1 Å². The maximum atomic E-state index is 13.1. The number of pyridine rings is 1. The Bertz CT molecular complexity index is 1330. The molecule has 0 aliphatic heterocycles. The van der Waals surface area contributed by atoms with Gasteiger partial charge in [-0.2, -0.15) is 0 Å². The van der Waals surface area contributed by atoms with Gasteiger partial charge >= 0.3 is 0 Å². The molecule has 4 rings (SSSR count).